The molecule has 0 atom stereocenters. The maximum atomic E-state index is 11.7. The third kappa shape index (κ3) is 4.93. The first-order chi connectivity index (χ1) is 7.01. The van der Waals surface area contributed by atoms with Crippen LogP contribution in [0.3, 0.4) is 0 Å². The molecule has 86 valence electrons. The number of hydrogen-bond acceptors (Lipinski definition) is 5. The summed E-state index contributed by atoms with van der Waals surface area (Å²) in [5.41, 5.74) is 0. The van der Waals surface area contributed by atoms with E-state index in [9.17, 15) is 13.2 Å². The maximum absolute atomic E-state index is 11.7. The van der Waals surface area contributed by atoms with E-state index >= 15 is 0 Å². The van der Waals surface area contributed by atoms with Crippen LogP contribution in [0, 0.1) is 0 Å². The van der Waals surface area contributed by atoms with E-state index in [1.807, 2.05) is 6.92 Å². The molecule has 0 fully saturated rings. The Labute approximate surface area is 88.6 Å². The van der Waals surface area contributed by atoms with E-state index in [0.717, 1.165) is 11.5 Å². The first-order valence-corrected chi connectivity index (χ1v) is 4.99. The molecule has 0 saturated carbocycles. The minimum atomic E-state index is -4.31. The van der Waals surface area contributed by atoms with Gasteiger partial charge >= 0.3 is 6.18 Å². The molecule has 1 rings (SSSR count). The zero-order chi connectivity index (χ0) is 11.3. The molecule has 0 aliphatic rings. The van der Waals surface area contributed by atoms with E-state index in [2.05, 4.69) is 19.4 Å². The van der Waals surface area contributed by atoms with Crippen LogP contribution in [-0.2, 0) is 11.3 Å². The molecule has 0 radical (unpaired) electrons. The summed E-state index contributed by atoms with van der Waals surface area (Å²) in [7, 11) is 0. The first kappa shape index (κ1) is 12.2. The van der Waals surface area contributed by atoms with Crippen LogP contribution in [0.1, 0.15) is 12.7 Å². The number of rotatable bonds is 5. The van der Waals surface area contributed by atoms with Crippen LogP contribution in [-0.4, -0.2) is 28.7 Å². The molecule has 0 saturated heterocycles. The molecule has 1 N–H and O–H groups in total. The van der Waals surface area contributed by atoms with Crippen LogP contribution in [0.5, 0.6) is 0 Å². The van der Waals surface area contributed by atoms with Crippen molar-refractivity contribution in [3.63, 3.8) is 0 Å². The summed E-state index contributed by atoms with van der Waals surface area (Å²) in [6.07, 6.45) is -4.31. The molecule has 1 heterocycles. The largest absolute Gasteiger partial charge is 0.411 e. The first-order valence-electron chi connectivity index (χ1n) is 4.22. The van der Waals surface area contributed by atoms with E-state index in [4.69, 9.17) is 0 Å². The number of nitrogens with zero attached hydrogens (tertiary/aromatic N) is 2. The molecule has 0 aromatic carbocycles. The highest BCUT2D eigenvalue weighted by Crippen LogP contribution is 2.16. The van der Waals surface area contributed by atoms with Gasteiger partial charge in [0.25, 0.3) is 0 Å². The van der Waals surface area contributed by atoms with Crippen molar-refractivity contribution < 1.29 is 17.9 Å². The minimum Gasteiger partial charge on any atom is -0.364 e. The zero-order valence-electron chi connectivity index (χ0n) is 7.97. The lowest BCUT2D eigenvalue weighted by Gasteiger charge is -2.04. The average Bonchev–Trinajstić information content (AvgIpc) is 2.51. The van der Waals surface area contributed by atoms with Crippen molar-refractivity contribution in [3.05, 3.63) is 5.82 Å². The molecular weight excluding hydrogens is 231 g/mol. The Bertz CT molecular complexity index is 302. The summed E-state index contributed by atoms with van der Waals surface area (Å²) < 4.78 is 43.4. The van der Waals surface area contributed by atoms with Gasteiger partial charge < -0.3 is 10.1 Å². The Hall–Kier alpha value is -0.890. The molecule has 0 aliphatic heterocycles. The van der Waals surface area contributed by atoms with Crippen molar-refractivity contribution >= 4 is 16.7 Å². The molecule has 0 amide bonds. The van der Waals surface area contributed by atoms with Gasteiger partial charge in [0.15, 0.2) is 5.82 Å². The monoisotopic (exact) mass is 241 g/mol. The number of nitrogens with one attached hydrogen (secondary N) is 1. The second-order valence-corrected chi connectivity index (χ2v) is 3.41. The lowest BCUT2D eigenvalue weighted by atomic mass is 10.6. The van der Waals surface area contributed by atoms with E-state index in [1.165, 1.54) is 0 Å². The van der Waals surface area contributed by atoms with Gasteiger partial charge in [-0.1, -0.05) is 0 Å². The standard InChI is InChI=1S/C7H10F3N3OS/c1-2-11-6-12-5(13-15-6)3-14-4-7(8,9)10/h2-4H2,1H3,(H,11,12,13). The van der Waals surface area contributed by atoms with E-state index < -0.39 is 12.8 Å². The summed E-state index contributed by atoms with van der Waals surface area (Å²) in [6, 6.07) is 0. The second-order valence-electron chi connectivity index (χ2n) is 2.65. The summed E-state index contributed by atoms with van der Waals surface area (Å²) in [4.78, 5) is 3.92. The van der Waals surface area contributed by atoms with E-state index in [0.29, 0.717) is 11.7 Å². The van der Waals surface area contributed by atoms with Crippen molar-refractivity contribution in [2.75, 3.05) is 18.5 Å². The van der Waals surface area contributed by atoms with Crippen molar-refractivity contribution in [2.24, 2.45) is 0 Å². The number of aromatic nitrogens is 2. The number of anilines is 1. The Kier molecular flexibility index (Phi) is 4.28. The van der Waals surface area contributed by atoms with Gasteiger partial charge in [-0.05, 0) is 6.92 Å². The third-order valence-electron chi connectivity index (χ3n) is 1.29. The Morgan fingerprint density at radius 3 is 2.80 bits per heavy atom. The van der Waals surface area contributed by atoms with Gasteiger partial charge in [0.2, 0.25) is 5.13 Å². The molecule has 0 spiro atoms. The Morgan fingerprint density at radius 2 is 2.20 bits per heavy atom. The van der Waals surface area contributed by atoms with Crippen LogP contribution in [0.25, 0.3) is 0 Å². The van der Waals surface area contributed by atoms with Gasteiger partial charge in [-0.3, -0.25) is 0 Å². The van der Waals surface area contributed by atoms with E-state index in [1.54, 1.807) is 0 Å². The van der Waals surface area contributed by atoms with Crippen LogP contribution >= 0.6 is 11.5 Å². The lowest BCUT2D eigenvalue weighted by molar-refractivity contribution is -0.177. The molecule has 4 nitrogen and oxygen atoms in total. The predicted octanol–water partition coefficient (Wildman–Crippen LogP) is 2.05. The summed E-state index contributed by atoms with van der Waals surface area (Å²) in [5, 5.41) is 3.49. The van der Waals surface area contributed by atoms with Crippen molar-refractivity contribution in [3.8, 4) is 0 Å². The SMILES string of the molecule is CCNc1nc(COCC(F)(F)F)ns1. The van der Waals surface area contributed by atoms with Crippen LogP contribution in [0.2, 0.25) is 0 Å². The van der Waals surface area contributed by atoms with Gasteiger partial charge in [-0.25, -0.2) is 4.98 Å². The van der Waals surface area contributed by atoms with Crippen LogP contribution < -0.4 is 5.32 Å². The minimum absolute atomic E-state index is 0.221. The molecule has 8 heteroatoms. The van der Waals surface area contributed by atoms with Gasteiger partial charge in [0, 0.05) is 18.1 Å². The van der Waals surface area contributed by atoms with Gasteiger partial charge in [0.1, 0.15) is 13.2 Å². The average molecular weight is 241 g/mol. The molecule has 0 aliphatic carbocycles. The fourth-order valence-corrected chi connectivity index (χ4v) is 1.43. The van der Waals surface area contributed by atoms with Crippen molar-refractivity contribution in [1.29, 1.82) is 0 Å². The number of halogens is 3. The molecule has 0 bridgehead atoms. The molecule has 15 heavy (non-hydrogen) atoms. The number of hydrogen-bond donors (Lipinski definition) is 1. The summed E-state index contributed by atoms with van der Waals surface area (Å²) in [6.45, 7) is 1.09. The lowest BCUT2D eigenvalue weighted by Crippen LogP contribution is -2.16. The molecule has 0 unspecified atom stereocenters. The number of ether oxygens (including phenoxy) is 1. The van der Waals surface area contributed by atoms with E-state index in [-0.39, 0.29) is 12.4 Å². The van der Waals surface area contributed by atoms with Gasteiger partial charge in [-0.15, -0.1) is 0 Å². The number of alkyl halides is 3. The Morgan fingerprint density at radius 1 is 1.47 bits per heavy atom. The fourth-order valence-electron chi connectivity index (χ4n) is 0.794. The predicted molar refractivity (Wildman–Crippen MR) is 49.8 cm³/mol. The second kappa shape index (κ2) is 5.26. The van der Waals surface area contributed by atoms with Crippen molar-refractivity contribution in [2.45, 2.75) is 19.7 Å². The summed E-state index contributed by atoms with van der Waals surface area (Å²) >= 11 is 1.10. The van der Waals surface area contributed by atoms with Crippen LogP contribution in [0.4, 0.5) is 18.3 Å². The van der Waals surface area contributed by atoms with Crippen LogP contribution in [0.15, 0.2) is 0 Å². The quantitative estimate of drug-likeness (QED) is 0.857. The molecular formula is C7H10F3N3OS. The zero-order valence-corrected chi connectivity index (χ0v) is 8.78. The fraction of sp³-hybridized carbons (Fsp3) is 0.714. The highest BCUT2D eigenvalue weighted by atomic mass is 32.1. The third-order valence-corrected chi connectivity index (χ3v) is 2.00. The van der Waals surface area contributed by atoms with Gasteiger partial charge in [0.05, 0.1) is 0 Å². The molecule has 1 aromatic rings. The highest BCUT2D eigenvalue weighted by Gasteiger charge is 2.27. The van der Waals surface area contributed by atoms with Crippen molar-refractivity contribution in [1.82, 2.24) is 9.36 Å². The smallest absolute Gasteiger partial charge is 0.364 e. The maximum Gasteiger partial charge on any atom is 0.411 e. The van der Waals surface area contributed by atoms with Gasteiger partial charge in [-0.2, -0.15) is 17.5 Å². The normalized spacial score (nSPS) is 11.7. The Balaban J connectivity index is 2.31. The topological polar surface area (TPSA) is 47.0 Å². The molecule has 1 aromatic heterocycles. The highest BCUT2D eigenvalue weighted by molar-refractivity contribution is 7.09. The summed E-state index contributed by atoms with van der Waals surface area (Å²) in [5.74, 6) is 0.264.